The lowest BCUT2D eigenvalue weighted by atomic mass is 10.2. The Balaban J connectivity index is 1.42. The van der Waals surface area contributed by atoms with Crippen LogP contribution in [0.2, 0.25) is 0 Å². The number of aromatic nitrogens is 5. The van der Waals surface area contributed by atoms with Crippen LogP contribution in [0.4, 0.5) is 0 Å². The van der Waals surface area contributed by atoms with E-state index in [0.29, 0.717) is 0 Å². The molecular formula is C19H26N8. The minimum atomic E-state index is 0.761. The second kappa shape index (κ2) is 9.51. The molecule has 0 radical (unpaired) electrons. The molecule has 0 amide bonds. The van der Waals surface area contributed by atoms with Gasteiger partial charge in [-0.3, -0.25) is 4.99 Å². The van der Waals surface area contributed by atoms with Crippen molar-refractivity contribution >= 4 is 5.96 Å². The first-order chi connectivity index (χ1) is 13.3. The van der Waals surface area contributed by atoms with Gasteiger partial charge in [0.25, 0.3) is 0 Å². The summed E-state index contributed by atoms with van der Waals surface area (Å²) < 4.78 is 3.95. The first-order valence-corrected chi connectivity index (χ1v) is 9.20. The van der Waals surface area contributed by atoms with Crippen LogP contribution in [0.5, 0.6) is 0 Å². The molecule has 0 spiro atoms. The summed E-state index contributed by atoms with van der Waals surface area (Å²) in [4.78, 5) is 4.27. The van der Waals surface area contributed by atoms with E-state index >= 15 is 0 Å². The lowest BCUT2D eigenvalue weighted by Gasteiger charge is -2.12. The molecule has 0 saturated carbocycles. The van der Waals surface area contributed by atoms with Crippen LogP contribution in [-0.2, 0) is 19.4 Å². The second-order valence-electron chi connectivity index (χ2n) is 6.10. The third kappa shape index (κ3) is 5.16. The quantitative estimate of drug-likeness (QED) is 0.465. The van der Waals surface area contributed by atoms with Crippen LogP contribution in [0, 0.1) is 0 Å². The van der Waals surface area contributed by atoms with Crippen LogP contribution < -0.4 is 10.6 Å². The monoisotopic (exact) mass is 366 g/mol. The number of aliphatic imine (C=N–C) groups is 1. The Morgan fingerprint density at radius 3 is 2.74 bits per heavy atom. The minimum absolute atomic E-state index is 0.761. The Morgan fingerprint density at radius 1 is 1.15 bits per heavy atom. The molecule has 8 heteroatoms. The number of nitrogens with one attached hydrogen (secondary N) is 2. The molecule has 2 N–H and O–H groups in total. The fourth-order valence-corrected chi connectivity index (χ4v) is 2.79. The molecular weight excluding hydrogens is 340 g/mol. The number of aryl methyl sites for hydroxylation is 1. The van der Waals surface area contributed by atoms with Crippen LogP contribution >= 0.6 is 0 Å². The zero-order chi connectivity index (χ0) is 18.9. The molecule has 1 aromatic carbocycles. The molecule has 0 aliphatic rings. The van der Waals surface area contributed by atoms with Gasteiger partial charge in [0.2, 0.25) is 0 Å². The van der Waals surface area contributed by atoms with Gasteiger partial charge >= 0.3 is 0 Å². The Bertz CT molecular complexity index is 849. The third-order valence-electron chi connectivity index (χ3n) is 4.24. The summed E-state index contributed by atoms with van der Waals surface area (Å²) in [6, 6.07) is 10.1. The topological polar surface area (TPSA) is 84.9 Å². The molecule has 0 unspecified atom stereocenters. The summed E-state index contributed by atoms with van der Waals surface area (Å²) in [6.07, 6.45) is 7.48. The van der Waals surface area contributed by atoms with Gasteiger partial charge in [0.05, 0.1) is 11.9 Å². The van der Waals surface area contributed by atoms with E-state index in [1.807, 2.05) is 41.2 Å². The zero-order valence-electron chi connectivity index (χ0n) is 15.8. The SMILES string of the molecule is CCc1nncn1CCNC(=NC)NCCc1cnn(-c2ccccc2)c1. The zero-order valence-corrected chi connectivity index (χ0v) is 15.8. The number of guanidine groups is 1. The van der Waals surface area contributed by atoms with Crippen molar-refractivity contribution in [2.75, 3.05) is 20.1 Å². The van der Waals surface area contributed by atoms with Crippen molar-refractivity contribution in [3.8, 4) is 5.69 Å². The maximum atomic E-state index is 4.43. The van der Waals surface area contributed by atoms with Crippen molar-refractivity contribution < 1.29 is 0 Å². The molecule has 2 heterocycles. The molecule has 2 aromatic heterocycles. The summed E-state index contributed by atoms with van der Waals surface area (Å²) in [5.41, 5.74) is 2.24. The maximum absolute atomic E-state index is 4.43. The van der Waals surface area contributed by atoms with Gasteiger partial charge in [-0.2, -0.15) is 5.10 Å². The molecule has 0 saturated heterocycles. The largest absolute Gasteiger partial charge is 0.356 e. The van der Waals surface area contributed by atoms with Crippen molar-refractivity contribution in [3.05, 3.63) is 60.4 Å². The Labute approximate surface area is 159 Å². The van der Waals surface area contributed by atoms with Crippen molar-refractivity contribution in [2.45, 2.75) is 26.3 Å². The molecule has 0 atom stereocenters. The normalized spacial score (nSPS) is 11.6. The smallest absolute Gasteiger partial charge is 0.191 e. The highest BCUT2D eigenvalue weighted by Gasteiger charge is 2.04. The molecule has 142 valence electrons. The standard InChI is InChI=1S/C19H26N8/c1-3-18-25-23-15-26(18)12-11-22-19(20-2)21-10-9-16-13-24-27(14-16)17-7-5-4-6-8-17/h4-8,13-15H,3,9-12H2,1-2H3,(H2,20,21,22). The van der Waals surface area contributed by atoms with E-state index in [-0.39, 0.29) is 0 Å². The summed E-state index contributed by atoms with van der Waals surface area (Å²) in [5.74, 6) is 1.78. The molecule has 0 fully saturated rings. The van der Waals surface area contributed by atoms with Crippen LogP contribution in [-0.4, -0.2) is 50.6 Å². The summed E-state index contributed by atoms with van der Waals surface area (Å²) in [7, 11) is 1.78. The molecule has 0 aliphatic heterocycles. The number of para-hydroxylation sites is 1. The van der Waals surface area contributed by atoms with Gasteiger partial charge in [0, 0.05) is 39.3 Å². The Hall–Kier alpha value is -3.16. The maximum Gasteiger partial charge on any atom is 0.191 e. The van der Waals surface area contributed by atoms with Gasteiger partial charge in [-0.15, -0.1) is 10.2 Å². The molecule has 3 rings (SSSR count). The first kappa shape index (κ1) is 18.6. The van der Waals surface area contributed by atoms with E-state index in [4.69, 9.17) is 0 Å². The predicted molar refractivity (Wildman–Crippen MR) is 106 cm³/mol. The van der Waals surface area contributed by atoms with Crippen LogP contribution in [0.1, 0.15) is 18.3 Å². The molecule has 3 aromatic rings. The third-order valence-corrected chi connectivity index (χ3v) is 4.24. The summed E-state index contributed by atoms with van der Waals surface area (Å²) in [5, 5.41) is 19.1. The minimum Gasteiger partial charge on any atom is -0.356 e. The van der Waals surface area contributed by atoms with E-state index < -0.39 is 0 Å². The van der Waals surface area contributed by atoms with Crippen molar-refractivity contribution in [1.29, 1.82) is 0 Å². The molecule has 0 aliphatic carbocycles. The number of nitrogens with zero attached hydrogens (tertiary/aromatic N) is 6. The molecule has 8 nitrogen and oxygen atoms in total. The van der Waals surface area contributed by atoms with Crippen LogP contribution in [0.25, 0.3) is 5.69 Å². The molecule has 0 bridgehead atoms. The highest BCUT2D eigenvalue weighted by atomic mass is 15.3. The highest BCUT2D eigenvalue weighted by Crippen LogP contribution is 2.07. The average Bonchev–Trinajstić information content (AvgIpc) is 3.36. The number of hydrogen-bond donors (Lipinski definition) is 2. The van der Waals surface area contributed by atoms with E-state index in [1.165, 1.54) is 5.56 Å². The number of benzene rings is 1. The van der Waals surface area contributed by atoms with E-state index in [1.54, 1.807) is 13.4 Å². The number of hydrogen-bond acceptors (Lipinski definition) is 4. The molecule has 27 heavy (non-hydrogen) atoms. The van der Waals surface area contributed by atoms with Gasteiger partial charge in [0.15, 0.2) is 5.96 Å². The van der Waals surface area contributed by atoms with Crippen LogP contribution in [0.15, 0.2) is 54.0 Å². The first-order valence-electron chi connectivity index (χ1n) is 9.20. The predicted octanol–water partition coefficient (Wildman–Crippen LogP) is 1.43. The van der Waals surface area contributed by atoms with Gasteiger partial charge in [-0.05, 0) is 24.1 Å². The summed E-state index contributed by atoms with van der Waals surface area (Å²) >= 11 is 0. The second-order valence-corrected chi connectivity index (χ2v) is 6.10. The van der Waals surface area contributed by atoms with E-state index in [2.05, 4.69) is 48.6 Å². The van der Waals surface area contributed by atoms with Gasteiger partial charge < -0.3 is 15.2 Å². The number of rotatable bonds is 8. The van der Waals surface area contributed by atoms with E-state index in [0.717, 1.165) is 49.9 Å². The average molecular weight is 366 g/mol. The lowest BCUT2D eigenvalue weighted by molar-refractivity contribution is 0.632. The van der Waals surface area contributed by atoms with Crippen LogP contribution in [0.3, 0.4) is 0 Å². The lowest BCUT2D eigenvalue weighted by Crippen LogP contribution is -2.39. The fraction of sp³-hybridized carbons (Fsp3) is 0.368. The summed E-state index contributed by atoms with van der Waals surface area (Å²) in [6.45, 7) is 4.43. The van der Waals surface area contributed by atoms with Gasteiger partial charge in [-0.1, -0.05) is 25.1 Å². The van der Waals surface area contributed by atoms with Crippen molar-refractivity contribution in [3.63, 3.8) is 0 Å². The van der Waals surface area contributed by atoms with Gasteiger partial charge in [-0.25, -0.2) is 4.68 Å². The Morgan fingerprint density at radius 2 is 1.96 bits per heavy atom. The van der Waals surface area contributed by atoms with Gasteiger partial charge in [0.1, 0.15) is 12.2 Å². The fourth-order valence-electron chi connectivity index (χ4n) is 2.79. The van der Waals surface area contributed by atoms with Crippen molar-refractivity contribution in [2.24, 2.45) is 4.99 Å². The Kier molecular flexibility index (Phi) is 6.56. The highest BCUT2D eigenvalue weighted by molar-refractivity contribution is 5.79. The van der Waals surface area contributed by atoms with E-state index in [9.17, 15) is 0 Å². The van der Waals surface area contributed by atoms with Crippen molar-refractivity contribution in [1.82, 2.24) is 35.2 Å².